The molecule has 0 saturated heterocycles. The number of carbonyl (C=O) groups is 1. The Labute approximate surface area is 122 Å². The van der Waals surface area contributed by atoms with Crippen LogP contribution in [0.15, 0.2) is 36.4 Å². The summed E-state index contributed by atoms with van der Waals surface area (Å²) in [5, 5.41) is 3.59. The Hall–Kier alpha value is -2.00. The molecule has 1 amide bonds. The zero-order valence-corrected chi connectivity index (χ0v) is 12.0. The summed E-state index contributed by atoms with van der Waals surface area (Å²) in [4.78, 5) is 11.5. The van der Waals surface area contributed by atoms with Gasteiger partial charge in [-0.25, -0.2) is 0 Å². The van der Waals surface area contributed by atoms with E-state index in [1.807, 2.05) is 31.2 Å². The van der Waals surface area contributed by atoms with Crippen molar-refractivity contribution in [1.82, 2.24) is 5.32 Å². The largest absolute Gasteiger partial charge is 0.456 e. The van der Waals surface area contributed by atoms with Gasteiger partial charge < -0.3 is 10.1 Å². The van der Waals surface area contributed by atoms with Crippen molar-refractivity contribution in [3.63, 3.8) is 0 Å². The minimum Gasteiger partial charge on any atom is -0.456 e. The Morgan fingerprint density at radius 3 is 2.80 bits per heavy atom. The number of carbonyl (C=O) groups excluding carboxylic acids is 1. The second-order valence-corrected chi connectivity index (χ2v) is 5.35. The highest BCUT2D eigenvalue weighted by Crippen LogP contribution is 2.45. The van der Waals surface area contributed by atoms with E-state index in [4.69, 9.17) is 16.3 Å². The van der Waals surface area contributed by atoms with Gasteiger partial charge in [0.2, 0.25) is 5.91 Å². The van der Waals surface area contributed by atoms with Crippen LogP contribution in [0, 0.1) is 6.92 Å². The van der Waals surface area contributed by atoms with Gasteiger partial charge in [-0.3, -0.25) is 4.79 Å². The van der Waals surface area contributed by atoms with Crippen LogP contribution in [0.5, 0.6) is 11.5 Å². The van der Waals surface area contributed by atoms with Crippen LogP contribution in [0.25, 0.3) is 0 Å². The van der Waals surface area contributed by atoms with Crippen molar-refractivity contribution in [2.75, 3.05) is 0 Å². The summed E-state index contributed by atoms with van der Waals surface area (Å²) in [7, 11) is 0. The number of aryl methyl sites for hydroxylation is 1. The standard InChI is InChI=1S/C16H14ClNO2/c1-9-4-3-5-13-15(18-10(2)19)12-7-6-11(17)8-14(12)20-16(9)13/h3-8,15H,1-2H3,(H,18,19). The first-order valence-corrected chi connectivity index (χ1v) is 6.78. The molecular weight excluding hydrogens is 274 g/mol. The van der Waals surface area contributed by atoms with Crippen LogP contribution in [-0.4, -0.2) is 5.91 Å². The van der Waals surface area contributed by atoms with Gasteiger partial charge in [-0.1, -0.05) is 35.9 Å². The molecule has 1 atom stereocenters. The van der Waals surface area contributed by atoms with Crippen molar-refractivity contribution < 1.29 is 9.53 Å². The third-order valence-electron chi connectivity index (χ3n) is 3.40. The van der Waals surface area contributed by atoms with Gasteiger partial charge in [0.1, 0.15) is 11.5 Å². The van der Waals surface area contributed by atoms with Crippen LogP contribution >= 0.6 is 11.6 Å². The summed E-state index contributed by atoms with van der Waals surface area (Å²) in [6.07, 6.45) is 0. The number of amides is 1. The van der Waals surface area contributed by atoms with Crippen LogP contribution in [0.3, 0.4) is 0 Å². The SMILES string of the molecule is CC(=O)NC1c2ccc(Cl)cc2Oc2c(C)cccc21. The molecule has 2 aromatic rings. The smallest absolute Gasteiger partial charge is 0.217 e. The zero-order chi connectivity index (χ0) is 14.3. The third kappa shape index (κ3) is 2.14. The van der Waals surface area contributed by atoms with Crippen molar-refractivity contribution >= 4 is 17.5 Å². The molecule has 3 rings (SSSR count). The van der Waals surface area contributed by atoms with E-state index >= 15 is 0 Å². The van der Waals surface area contributed by atoms with E-state index in [1.54, 1.807) is 12.1 Å². The molecule has 0 fully saturated rings. The monoisotopic (exact) mass is 287 g/mol. The van der Waals surface area contributed by atoms with Gasteiger partial charge in [0, 0.05) is 23.1 Å². The number of ether oxygens (including phenoxy) is 1. The van der Waals surface area contributed by atoms with E-state index < -0.39 is 0 Å². The fourth-order valence-electron chi connectivity index (χ4n) is 2.51. The van der Waals surface area contributed by atoms with Gasteiger partial charge >= 0.3 is 0 Å². The molecule has 20 heavy (non-hydrogen) atoms. The molecule has 0 aromatic heterocycles. The second-order valence-electron chi connectivity index (χ2n) is 4.91. The van der Waals surface area contributed by atoms with Crippen LogP contribution in [0.1, 0.15) is 29.7 Å². The van der Waals surface area contributed by atoms with Crippen LogP contribution in [0.2, 0.25) is 5.02 Å². The van der Waals surface area contributed by atoms with E-state index in [0.717, 1.165) is 22.4 Å². The van der Waals surface area contributed by atoms with E-state index in [0.29, 0.717) is 10.8 Å². The minimum absolute atomic E-state index is 0.0785. The quantitative estimate of drug-likeness (QED) is 0.861. The number of halogens is 1. The molecular formula is C16H14ClNO2. The number of fused-ring (bicyclic) bond motifs is 2. The third-order valence-corrected chi connectivity index (χ3v) is 3.63. The Morgan fingerprint density at radius 1 is 1.25 bits per heavy atom. The lowest BCUT2D eigenvalue weighted by Crippen LogP contribution is -2.29. The molecule has 3 nitrogen and oxygen atoms in total. The predicted octanol–water partition coefficient (Wildman–Crippen LogP) is 3.98. The summed E-state index contributed by atoms with van der Waals surface area (Å²) < 4.78 is 5.97. The van der Waals surface area contributed by atoms with Crippen molar-refractivity contribution in [3.8, 4) is 11.5 Å². The molecule has 0 saturated carbocycles. The summed E-state index contributed by atoms with van der Waals surface area (Å²) in [6, 6.07) is 11.2. The van der Waals surface area contributed by atoms with Crippen LogP contribution in [0.4, 0.5) is 0 Å². The highest BCUT2D eigenvalue weighted by atomic mass is 35.5. The highest BCUT2D eigenvalue weighted by Gasteiger charge is 2.28. The summed E-state index contributed by atoms with van der Waals surface area (Å²) in [5.74, 6) is 1.41. The molecule has 1 heterocycles. The Kier molecular flexibility index (Phi) is 3.14. The fraction of sp³-hybridized carbons (Fsp3) is 0.188. The summed E-state index contributed by atoms with van der Waals surface area (Å²) in [6.45, 7) is 3.50. The molecule has 0 bridgehead atoms. The van der Waals surface area contributed by atoms with Crippen molar-refractivity contribution in [2.45, 2.75) is 19.9 Å². The number of rotatable bonds is 1. The molecule has 1 aliphatic rings. The molecule has 0 aliphatic carbocycles. The average molecular weight is 288 g/mol. The van der Waals surface area contributed by atoms with Crippen LogP contribution in [-0.2, 0) is 4.79 Å². The number of para-hydroxylation sites is 1. The maximum atomic E-state index is 11.5. The Bertz CT molecular complexity index is 697. The lowest BCUT2D eigenvalue weighted by atomic mass is 9.93. The van der Waals surface area contributed by atoms with Gasteiger partial charge in [-0.15, -0.1) is 0 Å². The highest BCUT2D eigenvalue weighted by molar-refractivity contribution is 6.30. The van der Waals surface area contributed by atoms with E-state index in [2.05, 4.69) is 5.32 Å². The Morgan fingerprint density at radius 2 is 2.05 bits per heavy atom. The van der Waals surface area contributed by atoms with Gasteiger partial charge in [0.25, 0.3) is 0 Å². The lowest BCUT2D eigenvalue weighted by Gasteiger charge is -2.29. The van der Waals surface area contributed by atoms with Crippen molar-refractivity contribution in [3.05, 3.63) is 58.1 Å². The van der Waals surface area contributed by atoms with Crippen molar-refractivity contribution in [1.29, 1.82) is 0 Å². The molecule has 1 unspecified atom stereocenters. The molecule has 1 aliphatic heterocycles. The fourth-order valence-corrected chi connectivity index (χ4v) is 2.68. The first-order valence-electron chi connectivity index (χ1n) is 6.40. The maximum Gasteiger partial charge on any atom is 0.217 e. The average Bonchev–Trinajstić information content (AvgIpc) is 2.39. The van der Waals surface area contributed by atoms with Gasteiger partial charge in [-0.05, 0) is 24.6 Å². The first-order chi connectivity index (χ1) is 9.56. The predicted molar refractivity (Wildman–Crippen MR) is 78.4 cm³/mol. The van der Waals surface area contributed by atoms with E-state index in [9.17, 15) is 4.79 Å². The maximum absolute atomic E-state index is 11.5. The molecule has 2 aromatic carbocycles. The number of hydrogen-bond donors (Lipinski definition) is 1. The van der Waals surface area contributed by atoms with E-state index in [-0.39, 0.29) is 11.9 Å². The molecule has 102 valence electrons. The first kappa shape index (κ1) is 13.0. The normalized spacial score (nSPS) is 15.8. The lowest BCUT2D eigenvalue weighted by molar-refractivity contribution is -0.119. The van der Waals surface area contributed by atoms with Gasteiger partial charge in [0.05, 0.1) is 6.04 Å². The zero-order valence-electron chi connectivity index (χ0n) is 11.2. The van der Waals surface area contributed by atoms with Gasteiger partial charge in [-0.2, -0.15) is 0 Å². The topological polar surface area (TPSA) is 38.3 Å². The number of nitrogens with one attached hydrogen (secondary N) is 1. The molecule has 4 heteroatoms. The molecule has 0 spiro atoms. The van der Waals surface area contributed by atoms with Crippen LogP contribution < -0.4 is 10.1 Å². The number of hydrogen-bond acceptors (Lipinski definition) is 2. The summed E-state index contributed by atoms with van der Waals surface area (Å²) in [5.41, 5.74) is 2.92. The van der Waals surface area contributed by atoms with Gasteiger partial charge in [0.15, 0.2) is 0 Å². The number of benzene rings is 2. The Balaban J connectivity index is 2.19. The molecule has 1 N–H and O–H groups in total. The minimum atomic E-state index is -0.205. The summed E-state index contributed by atoms with van der Waals surface area (Å²) >= 11 is 6.03. The molecule has 0 radical (unpaired) electrons. The van der Waals surface area contributed by atoms with Crippen molar-refractivity contribution in [2.24, 2.45) is 0 Å². The van der Waals surface area contributed by atoms with E-state index in [1.165, 1.54) is 6.92 Å². The second kappa shape index (κ2) is 4.84.